The van der Waals surface area contributed by atoms with Gasteiger partial charge in [-0.05, 0) is 37.5 Å². The normalized spacial score (nSPS) is 14.9. The Bertz CT molecular complexity index is 1590. The molecule has 3 aromatic heterocycles. The molecule has 34 heavy (non-hydrogen) atoms. The second-order valence-electron chi connectivity index (χ2n) is 8.67. The summed E-state index contributed by atoms with van der Waals surface area (Å²) in [5.41, 5.74) is 3.01. The van der Waals surface area contributed by atoms with E-state index in [1.54, 1.807) is 15.3 Å². The number of para-hydroxylation sites is 1. The van der Waals surface area contributed by atoms with Gasteiger partial charge in [-0.1, -0.05) is 53.8 Å². The third-order valence-corrected chi connectivity index (χ3v) is 7.61. The van der Waals surface area contributed by atoms with Crippen LogP contribution < -0.4 is 11.1 Å². The SMILES string of the molecule is Cc1c2c(=O)n(-c3nc4ccccc4s3)n(Cc3ccccc3)c2cc(=O)n1C1CCOCC1. The van der Waals surface area contributed by atoms with Crippen LogP contribution in [0.2, 0.25) is 0 Å². The number of thiazole rings is 1. The first-order chi connectivity index (χ1) is 16.6. The molecule has 1 aliphatic heterocycles. The van der Waals surface area contributed by atoms with Gasteiger partial charge in [0, 0.05) is 31.0 Å². The lowest BCUT2D eigenvalue weighted by molar-refractivity contribution is 0.0682. The summed E-state index contributed by atoms with van der Waals surface area (Å²) in [6.45, 7) is 3.59. The third kappa shape index (κ3) is 3.41. The van der Waals surface area contributed by atoms with Crippen molar-refractivity contribution in [1.29, 1.82) is 0 Å². The highest BCUT2D eigenvalue weighted by molar-refractivity contribution is 7.20. The number of benzene rings is 2. The Morgan fingerprint density at radius 2 is 1.76 bits per heavy atom. The molecule has 1 fully saturated rings. The molecule has 0 N–H and O–H groups in total. The number of hydrogen-bond donors (Lipinski definition) is 0. The Labute approximate surface area is 199 Å². The number of fused-ring (bicyclic) bond motifs is 2. The zero-order chi connectivity index (χ0) is 23.2. The van der Waals surface area contributed by atoms with E-state index >= 15 is 0 Å². The number of nitrogens with zero attached hydrogens (tertiary/aromatic N) is 4. The fourth-order valence-electron chi connectivity index (χ4n) is 4.97. The van der Waals surface area contributed by atoms with E-state index in [0.29, 0.717) is 41.5 Å². The molecule has 0 amide bonds. The quantitative estimate of drug-likeness (QED) is 0.392. The van der Waals surface area contributed by atoms with Crippen LogP contribution in [0.1, 0.15) is 30.1 Å². The minimum Gasteiger partial charge on any atom is -0.381 e. The number of rotatable bonds is 4. The molecule has 0 saturated carbocycles. The van der Waals surface area contributed by atoms with E-state index in [9.17, 15) is 9.59 Å². The van der Waals surface area contributed by atoms with Gasteiger partial charge in [-0.25, -0.2) is 4.98 Å². The predicted octanol–water partition coefficient (Wildman–Crippen LogP) is 4.27. The van der Waals surface area contributed by atoms with E-state index in [2.05, 4.69) is 0 Å². The molecule has 6 rings (SSSR count). The maximum atomic E-state index is 14.0. The second-order valence-corrected chi connectivity index (χ2v) is 9.68. The van der Waals surface area contributed by atoms with Crippen molar-refractivity contribution in [2.24, 2.45) is 0 Å². The first-order valence-electron chi connectivity index (χ1n) is 11.5. The van der Waals surface area contributed by atoms with Crippen LogP contribution in [-0.4, -0.2) is 32.1 Å². The van der Waals surface area contributed by atoms with Crippen LogP contribution in [0.5, 0.6) is 0 Å². The van der Waals surface area contributed by atoms with Crippen molar-refractivity contribution < 1.29 is 4.74 Å². The molecule has 7 nitrogen and oxygen atoms in total. The van der Waals surface area contributed by atoms with Crippen LogP contribution >= 0.6 is 11.3 Å². The molecule has 172 valence electrons. The Balaban J connectivity index is 1.64. The first kappa shape index (κ1) is 21.1. The predicted molar refractivity (Wildman–Crippen MR) is 134 cm³/mol. The van der Waals surface area contributed by atoms with Gasteiger partial charge in [0.25, 0.3) is 11.1 Å². The van der Waals surface area contributed by atoms with Crippen molar-refractivity contribution in [3.63, 3.8) is 0 Å². The molecule has 0 radical (unpaired) electrons. The van der Waals surface area contributed by atoms with Gasteiger partial charge in [-0.15, -0.1) is 0 Å². The maximum absolute atomic E-state index is 14.0. The molecular formula is C26H24N4O3S. The van der Waals surface area contributed by atoms with Gasteiger partial charge in [0.15, 0.2) is 0 Å². The summed E-state index contributed by atoms with van der Waals surface area (Å²) in [4.78, 5) is 32.1. The first-order valence-corrected chi connectivity index (χ1v) is 12.3. The van der Waals surface area contributed by atoms with Gasteiger partial charge in [0.2, 0.25) is 5.13 Å². The van der Waals surface area contributed by atoms with E-state index in [1.165, 1.54) is 11.3 Å². The maximum Gasteiger partial charge on any atom is 0.283 e. The largest absolute Gasteiger partial charge is 0.381 e. The minimum atomic E-state index is -0.150. The van der Waals surface area contributed by atoms with Gasteiger partial charge >= 0.3 is 0 Å². The van der Waals surface area contributed by atoms with Crippen LogP contribution in [0.3, 0.4) is 0 Å². The molecular weight excluding hydrogens is 448 g/mol. The van der Waals surface area contributed by atoms with Gasteiger partial charge in [0.1, 0.15) is 0 Å². The fourth-order valence-corrected chi connectivity index (χ4v) is 5.94. The molecule has 0 spiro atoms. The minimum absolute atomic E-state index is 0.0402. The molecule has 2 aromatic carbocycles. The Morgan fingerprint density at radius 3 is 2.53 bits per heavy atom. The van der Waals surface area contributed by atoms with E-state index in [1.807, 2.05) is 66.2 Å². The van der Waals surface area contributed by atoms with Gasteiger partial charge < -0.3 is 9.30 Å². The molecule has 0 atom stereocenters. The zero-order valence-electron chi connectivity index (χ0n) is 18.8. The van der Waals surface area contributed by atoms with Crippen LogP contribution in [0.4, 0.5) is 0 Å². The summed E-state index contributed by atoms with van der Waals surface area (Å²) in [7, 11) is 0. The number of aryl methyl sites for hydroxylation is 1. The fraction of sp³-hybridized carbons (Fsp3) is 0.269. The van der Waals surface area contributed by atoms with Crippen molar-refractivity contribution in [3.8, 4) is 5.13 Å². The molecule has 0 aliphatic carbocycles. The number of hydrogen-bond acceptors (Lipinski definition) is 5. The highest BCUT2D eigenvalue weighted by Crippen LogP contribution is 2.28. The molecule has 0 unspecified atom stereocenters. The number of pyridine rings is 1. The number of aromatic nitrogens is 4. The summed E-state index contributed by atoms with van der Waals surface area (Å²) in [5.74, 6) is 0. The summed E-state index contributed by atoms with van der Waals surface area (Å²) < 4.78 is 11.8. The van der Waals surface area contributed by atoms with Gasteiger partial charge in [0.05, 0.1) is 27.7 Å². The molecule has 5 aromatic rings. The van der Waals surface area contributed by atoms with Gasteiger partial charge in [-0.3, -0.25) is 14.3 Å². The second kappa shape index (κ2) is 8.38. The van der Waals surface area contributed by atoms with Crippen molar-refractivity contribution in [1.82, 2.24) is 18.9 Å². The molecule has 8 heteroatoms. The van der Waals surface area contributed by atoms with Crippen LogP contribution in [0, 0.1) is 6.92 Å². The van der Waals surface area contributed by atoms with Crippen molar-refractivity contribution in [2.75, 3.05) is 13.2 Å². The lowest BCUT2D eigenvalue weighted by Gasteiger charge is -2.26. The number of ether oxygens (including phenoxy) is 1. The van der Waals surface area contributed by atoms with E-state index < -0.39 is 0 Å². The van der Waals surface area contributed by atoms with Crippen molar-refractivity contribution in [2.45, 2.75) is 32.4 Å². The highest BCUT2D eigenvalue weighted by atomic mass is 32.1. The summed E-state index contributed by atoms with van der Waals surface area (Å²) in [6, 6.07) is 19.5. The molecule has 1 saturated heterocycles. The third-order valence-electron chi connectivity index (χ3n) is 6.60. The van der Waals surface area contributed by atoms with Crippen LogP contribution in [0.15, 0.2) is 70.3 Å². The lowest BCUT2D eigenvalue weighted by Crippen LogP contribution is -2.31. The van der Waals surface area contributed by atoms with E-state index in [-0.39, 0.29) is 17.2 Å². The summed E-state index contributed by atoms with van der Waals surface area (Å²) in [6.07, 6.45) is 1.53. The van der Waals surface area contributed by atoms with Crippen molar-refractivity contribution in [3.05, 3.63) is 92.6 Å². The van der Waals surface area contributed by atoms with E-state index in [4.69, 9.17) is 9.72 Å². The van der Waals surface area contributed by atoms with Gasteiger partial charge in [-0.2, -0.15) is 4.68 Å². The topological polar surface area (TPSA) is 71.0 Å². The Morgan fingerprint density at radius 1 is 1.03 bits per heavy atom. The summed E-state index contributed by atoms with van der Waals surface area (Å²) >= 11 is 1.48. The lowest BCUT2D eigenvalue weighted by atomic mass is 10.1. The van der Waals surface area contributed by atoms with Crippen molar-refractivity contribution >= 4 is 32.5 Å². The standard InChI is InChI=1S/C26H24N4O3S/c1-17-24-21(15-23(31)29(17)19-11-13-33-14-12-19)28(16-18-7-3-2-4-8-18)30(25(24)32)26-27-20-9-5-6-10-22(20)34-26/h2-10,15,19H,11-14,16H2,1H3. The van der Waals surface area contributed by atoms with Crippen LogP contribution in [0.25, 0.3) is 26.3 Å². The zero-order valence-corrected chi connectivity index (χ0v) is 19.6. The average molecular weight is 473 g/mol. The van der Waals surface area contributed by atoms with E-state index in [0.717, 1.165) is 28.6 Å². The molecule has 1 aliphatic rings. The average Bonchev–Trinajstić information content (AvgIpc) is 3.39. The smallest absolute Gasteiger partial charge is 0.283 e. The monoisotopic (exact) mass is 472 g/mol. The molecule has 4 heterocycles. The Hall–Kier alpha value is -3.49. The Kier molecular flexibility index (Phi) is 5.19. The highest BCUT2D eigenvalue weighted by Gasteiger charge is 2.25. The van der Waals surface area contributed by atoms with Crippen LogP contribution in [-0.2, 0) is 11.3 Å². The molecule has 0 bridgehead atoms. The summed E-state index contributed by atoms with van der Waals surface area (Å²) in [5, 5.41) is 1.17.